The molecule has 1 fully saturated rings. The normalized spacial score (nSPS) is 24.6. The van der Waals surface area contributed by atoms with Crippen molar-refractivity contribution in [2.24, 2.45) is 5.41 Å². The van der Waals surface area contributed by atoms with Crippen LogP contribution in [0.25, 0.3) is 0 Å². The molecule has 2 atom stereocenters. The Hall–Kier alpha value is -1.93. The number of hydrogen-bond acceptors (Lipinski definition) is 5. The van der Waals surface area contributed by atoms with Gasteiger partial charge in [0.25, 0.3) is 5.91 Å². The van der Waals surface area contributed by atoms with Crippen LogP contribution in [-0.2, 0) is 19.4 Å². The van der Waals surface area contributed by atoms with Gasteiger partial charge in [0, 0.05) is 30.3 Å². The molecule has 7 nitrogen and oxygen atoms in total. The maximum atomic E-state index is 12.7. The van der Waals surface area contributed by atoms with Crippen molar-refractivity contribution in [1.29, 1.82) is 0 Å². The third kappa shape index (κ3) is 3.23. The van der Waals surface area contributed by atoms with E-state index < -0.39 is 32.7 Å². The number of aryl methyl sites for hydroxylation is 1. The first-order valence-corrected chi connectivity index (χ1v) is 10.2. The molecule has 26 heavy (non-hydrogen) atoms. The van der Waals surface area contributed by atoms with Gasteiger partial charge in [0.15, 0.2) is 9.84 Å². The molecule has 0 bridgehead atoms. The molecule has 2 N–H and O–H groups in total. The van der Waals surface area contributed by atoms with Crippen molar-refractivity contribution in [3.63, 3.8) is 0 Å². The summed E-state index contributed by atoms with van der Waals surface area (Å²) in [7, 11) is -3.50. The molecule has 0 aromatic heterocycles. The number of hydrogen-bond donors (Lipinski definition) is 2. The fraction of sp³-hybridized carbons (Fsp3) is 0.556. The molecule has 1 amide bonds. The predicted molar refractivity (Wildman–Crippen MR) is 95.9 cm³/mol. The van der Waals surface area contributed by atoms with Crippen LogP contribution >= 0.6 is 0 Å². The van der Waals surface area contributed by atoms with Gasteiger partial charge in [0.2, 0.25) is 0 Å². The number of ether oxygens (including phenoxy) is 1. The van der Waals surface area contributed by atoms with E-state index in [1.54, 1.807) is 20.8 Å². The second-order valence-electron chi connectivity index (χ2n) is 7.29. The van der Waals surface area contributed by atoms with Crippen molar-refractivity contribution in [2.75, 3.05) is 12.9 Å². The number of carboxylic acid groups (broad SMARTS) is 1. The Bertz CT molecular complexity index is 845. The van der Waals surface area contributed by atoms with E-state index in [0.29, 0.717) is 12.2 Å². The molecule has 0 radical (unpaired) electrons. The summed E-state index contributed by atoms with van der Waals surface area (Å²) in [6, 6.07) is 4.30. The Balaban J connectivity index is 2.35. The van der Waals surface area contributed by atoms with Crippen molar-refractivity contribution >= 4 is 21.7 Å². The van der Waals surface area contributed by atoms with Crippen molar-refractivity contribution in [2.45, 2.75) is 50.7 Å². The fourth-order valence-electron chi connectivity index (χ4n) is 3.44. The van der Waals surface area contributed by atoms with E-state index in [9.17, 15) is 23.1 Å². The fourth-order valence-corrected chi connectivity index (χ4v) is 4.44. The molecule has 0 aliphatic heterocycles. The molecule has 2 unspecified atom stereocenters. The molecular formula is C18H25NO6S. The second-order valence-corrected chi connectivity index (χ2v) is 9.27. The van der Waals surface area contributed by atoms with Gasteiger partial charge in [0.1, 0.15) is 5.54 Å². The summed E-state index contributed by atoms with van der Waals surface area (Å²) in [5.41, 5.74) is -1.65. The third-order valence-corrected chi connectivity index (χ3v) is 6.54. The Morgan fingerprint density at radius 1 is 1.35 bits per heavy atom. The topological polar surface area (TPSA) is 110 Å². The van der Waals surface area contributed by atoms with Crippen LogP contribution < -0.4 is 5.32 Å². The zero-order valence-corrected chi connectivity index (χ0v) is 16.4. The summed E-state index contributed by atoms with van der Waals surface area (Å²) in [6.45, 7) is 7.39. The number of carbonyl (C=O) groups excluding carboxylic acids is 1. The summed E-state index contributed by atoms with van der Waals surface area (Å²) < 4.78 is 29.3. The Labute approximate surface area is 153 Å². The summed E-state index contributed by atoms with van der Waals surface area (Å²) >= 11 is 0. The molecule has 1 aromatic carbocycles. The van der Waals surface area contributed by atoms with E-state index >= 15 is 0 Å². The summed E-state index contributed by atoms with van der Waals surface area (Å²) in [5, 5.41) is 12.4. The van der Waals surface area contributed by atoms with Gasteiger partial charge in [-0.1, -0.05) is 19.9 Å². The van der Waals surface area contributed by atoms with Crippen molar-refractivity contribution < 1.29 is 27.9 Å². The lowest BCUT2D eigenvalue weighted by atomic mass is 9.54. The second kappa shape index (κ2) is 6.66. The summed E-state index contributed by atoms with van der Waals surface area (Å²) in [5.74, 6) is -1.76. The number of benzene rings is 1. The lowest BCUT2D eigenvalue weighted by Gasteiger charge is -2.58. The van der Waals surface area contributed by atoms with Crippen LogP contribution in [0.5, 0.6) is 0 Å². The molecule has 144 valence electrons. The minimum atomic E-state index is -3.50. The van der Waals surface area contributed by atoms with E-state index in [2.05, 4.69) is 5.32 Å². The van der Waals surface area contributed by atoms with E-state index in [0.717, 1.165) is 6.26 Å². The number of carboxylic acids is 1. The molecule has 1 aliphatic carbocycles. The first kappa shape index (κ1) is 20.4. The van der Waals surface area contributed by atoms with Crippen LogP contribution in [-0.4, -0.2) is 49.9 Å². The van der Waals surface area contributed by atoms with E-state index in [1.807, 2.05) is 6.92 Å². The standard InChI is InChI=1S/C18H25NO6S/c1-6-25-14-10-18(16(21)22,17(14,3)4)19-15(20)12-8-7-11(2)13(9-12)26(5,23)24/h7-9,14H,6,10H2,1-5H3,(H,19,20)(H,21,22). The molecule has 2 rings (SSSR count). The van der Waals surface area contributed by atoms with Crippen molar-refractivity contribution in [3.8, 4) is 0 Å². The number of amides is 1. The van der Waals surface area contributed by atoms with Gasteiger partial charge in [-0.05, 0) is 31.5 Å². The highest BCUT2D eigenvalue weighted by Gasteiger charge is 2.66. The number of aliphatic carboxylic acids is 1. The Morgan fingerprint density at radius 3 is 2.42 bits per heavy atom. The lowest BCUT2D eigenvalue weighted by Crippen LogP contribution is -2.76. The van der Waals surface area contributed by atoms with Crippen LogP contribution in [0.15, 0.2) is 23.1 Å². The van der Waals surface area contributed by atoms with Gasteiger partial charge in [0.05, 0.1) is 11.0 Å². The molecular weight excluding hydrogens is 358 g/mol. The van der Waals surface area contributed by atoms with Crippen LogP contribution in [0, 0.1) is 12.3 Å². The smallest absolute Gasteiger partial charge is 0.330 e. The van der Waals surface area contributed by atoms with E-state index in [1.165, 1.54) is 18.2 Å². The molecule has 1 aliphatic rings. The number of carbonyl (C=O) groups is 2. The van der Waals surface area contributed by atoms with E-state index in [-0.39, 0.29) is 23.0 Å². The maximum absolute atomic E-state index is 12.7. The van der Waals surface area contributed by atoms with Gasteiger partial charge in [-0.2, -0.15) is 0 Å². The molecule has 0 saturated heterocycles. The highest BCUT2D eigenvalue weighted by molar-refractivity contribution is 7.90. The number of nitrogens with one attached hydrogen (secondary N) is 1. The third-order valence-electron chi connectivity index (χ3n) is 5.31. The van der Waals surface area contributed by atoms with Crippen LogP contribution in [0.3, 0.4) is 0 Å². The molecule has 0 heterocycles. The quantitative estimate of drug-likeness (QED) is 0.775. The number of rotatable bonds is 6. The van der Waals surface area contributed by atoms with Crippen molar-refractivity contribution in [3.05, 3.63) is 29.3 Å². The van der Waals surface area contributed by atoms with Crippen molar-refractivity contribution in [1.82, 2.24) is 5.32 Å². The zero-order chi connectivity index (χ0) is 19.9. The zero-order valence-electron chi connectivity index (χ0n) is 15.6. The summed E-state index contributed by atoms with van der Waals surface area (Å²) in [4.78, 5) is 24.7. The van der Waals surface area contributed by atoms with Gasteiger partial charge in [-0.15, -0.1) is 0 Å². The lowest BCUT2D eigenvalue weighted by molar-refractivity contribution is -0.190. The molecule has 0 spiro atoms. The first-order valence-electron chi connectivity index (χ1n) is 8.35. The minimum absolute atomic E-state index is 0.0505. The van der Waals surface area contributed by atoms with E-state index in [4.69, 9.17) is 4.74 Å². The molecule has 1 saturated carbocycles. The van der Waals surface area contributed by atoms with Crippen LogP contribution in [0.4, 0.5) is 0 Å². The van der Waals surface area contributed by atoms with Gasteiger partial charge in [-0.3, -0.25) is 4.79 Å². The minimum Gasteiger partial charge on any atom is -0.479 e. The molecule has 1 aromatic rings. The average molecular weight is 383 g/mol. The van der Waals surface area contributed by atoms with Gasteiger partial charge < -0.3 is 15.2 Å². The predicted octanol–water partition coefficient (Wildman–Crippen LogP) is 1.79. The maximum Gasteiger partial charge on any atom is 0.330 e. The summed E-state index contributed by atoms with van der Waals surface area (Å²) in [6.07, 6.45) is 0.936. The monoisotopic (exact) mass is 383 g/mol. The van der Waals surface area contributed by atoms with Gasteiger partial charge >= 0.3 is 5.97 Å². The Kier molecular flexibility index (Phi) is 5.22. The van der Waals surface area contributed by atoms with Gasteiger partial charge in [-0.25, -0.2) is 13.2 Å². The molecule has 8 heteroatoms. The first-order chi connectivity index (χ1) is 11.9. The number of sulfone groups is 1. The SMILES string of the molecule is CCOC1CC(NC(=O)c2ccc(C)c(S(C)(=O)=O)c2)(C(=O)O)C1(C)C. The highest BCUT2D eigenvalue weighted by Crippen LogP contribution is 2.51. The van der Waals surface area contributed by atoms with Crippen LogP contribution in [0.1, 0.15) is 43.1 Å². The largest absolute Gasteiger partial charge is 0.479 e. The Morgan fingerprint density at radius 2 is 1.96 bits per heavy atom. The highest BCUT2D eigenvalue weighted by atomic mass is 32.2. The van der Waals surface area contributed by atoms with Crippen LogP contribution in [0.2, 0.25) is 0 Å². The average Bonchev–Trinajstić information content (AvgIpc) is 2.52.